The van der Waals surface area contributed by atoms with Crippen LogP contribution >= 0.6 is 11.6 Å². The van der Waals surface area contributed by atoms with E-state index in [2.05, 4.69) is 5.32 Å². The Hall–Kier alpha value is -2.90. The Labute approximate surface area is 180 Å². The third-order valence-electron chi connectivity index (χ3n) is 4.68. The maximum absolute atomic E-state index is 13.1. The van der Waals surface area contributed by atoms with E-state index < -0.39 is 10.0 Å². The van der Waals surface area contributed by atoms with Crippen LogP contribution in [0.4, 0.5) is 10.1 Å². The Kier molecular flexibility index (Phi) is 6.43. The second-order valence-corrected chi connectivity index (χ2v) is 9.13. The lowest BCUT2D eigenvalue weighted by Crippen LogP contribution is -2.28. The number of halogens is 2. The van der Waals surface area contributed by atoms with Gasteiger partial charge in [-0.2, -0.15) is 0 Å². The quantitative estimate of drug-likeness (QED) is 0.591. The minimum absolute atomic E-state index is 0.115. The number of nitrogens with zero attached hydrogens (tertiary/aromatic N) is 1. The van der Waals surface area contributed by atoms with Gasteiger partial charge in [-0.3, -0.25) is 9.10 Å². The summed E-state index contributed by atoms with van der Waals surface area (Å²) in [6, 6.07) is 17.7. The summed E-state index contributed by atoms with van der Waals surface area (Å²) in [7, 11) is -2.32. The summed E-state index contributed by atoms with van der Waals surface area (Å²) >= 11 is 5.82. The molecule has 0 aliphatic heterocycles. The molecule has 0 unspecified atom stereocenters. The maximum Gasteiger partial charge on any atom is 0.264 e. The van der Waals surface area contributed by atoms with Gasteiger partial charge in [0.1, 0.15) is 5.82 Å². The normalized spacial score (nSPS) is 12.3. The average molecular weight is 447 g/mol. The first-order chi connectivity index (χ1) is 14.2. The van der Waals surface area contributed by atoms with Crippen LogP contribution in [0.5, 0.6) is 0 Å². The van der Waals surface area contributed by atoms with Crippen molar-refractivity contribution in [3.8, 4) is 0 Å². The molecule has 8 heteroatoms. The largest absolute Gasteiger partial charge is 0.346 e. The maximum atomic E-state index is 13.1. The van der Waals surface area contributed by atoms with E-state index in [1.807, 2.05) is 0 Å². The predicted molar refractivity (Wildman–Crippen MR) is 116 cm³/mol. The molecule has 156 valence electrons. The molecule has 0 aliphatic carbocycles. The molecule has 3 aromatic carbocycles. The van der Waals surface area contributed by atoms with Crippen LogP contribution in [-0.2, 0) is 10.0 Å². The number of benzene rings is 3. The molecule has 5 nitrogen and oxygen atoms in total. The summed E-state index contributed by atoms with van der Waals surface area (Å²) in [6.45, 7) is 1.80. The van der Waals surface area contributed by atoms with Gasteiger partial charge in [-0.05, 0) is 73.2 Å². The van der Waals surface area contributed by atoms with Crippen molar-refractivity contribution >= 4 is 33.2 Å². The van der Waals surface area contributed by atoms with Crippen LogP contribution < -0.4 is 9.62 Å². The zero-order valence-electron chi connectivity index (χ0n) is 16.3. The topological polar surface area (TPSA) is 66.5 Å². The number of amides is 1. The number of hydrogen-bond donors (Lipinski definition) is 1. The number of rotatable bonds is 6. The summed E-state index contributed by atoms with van der Waals surface area (Å²) in [5.41, 5.74) is 1.56. The molecule has 3 rings (SSSR count). The van der Waals surface area contributed by atoms with E-state index in [9.17, 15) is 17.6 Å². The van der Waals surface area contributed by atoms with Gasteiger partial charge in [-0.15, -0.1) is 0 Å². The zero-order chi connectivity index (χ0) is 21.9. The lowest BCUT2D eigenvalue weighted by molar-refractivity contribution is 0.0940. The molecule has 0 heterocycles. The molecule has 0 fully saturated rings. The van der Waals surface area contributed by atoms with Gasteiger partial charge in [0.15, 0.2) is 0 Å². The highest BCUT2D eigenvalue weighted by Gasteiger charge is 2.21. The Bertz CT molecular complexity index is 1130. The number of carbonyl (C=O) groups excluding carboxylic acids is 1. The van der Waals surface area contributed by atoms with E-state index in [4.69, 9.17) is 11.6 Å². The van der Waals surface area contributed by atoms with Gasteiger partial charge in [0.2, 0.25) is 0 Å². The molecule has 3 aromatic rings. The van der Waals surface area contributed by atoms with Gasteiger partial charge in [0, 0.05) is 17.6 Å². The van der Waals surface area contributed by atoms with Crippen molar-refractivity contribution in [2.24, 2.45) is 0 Å². The third-order valence-corrected chi connectivity index (χ3v) is 6.73. The molecule has 0 radical (unpaired) electrons. The average Bonchev–Trinajstić information content (AvgIpc) is 2.74. The summed E-state index contributed by atoms with van der Waals surface area (Å²) in [4.78, 5) is 12.6. The Morgan fingerprint density at radius 3 is 2.10 bits per heavy atom. The smallest absolute Gasteiger partial charge is 0.264 e. The number of nitrogens with one attached hydrogen (secondary N) is 1. The highest BCUT2D eigenvalue weighted by atomic mass is 35.5. The highest BCUT2D eigenvalue weighted by Crippen LogP contribution is 2.24. The molecule has 0 aliphatic rings. The number of hydrogen-bond acceptors (Lipinski definition) is 3. The number of carbonyl (C=O) groups is 1. The van der Waals surface area contributed by atoms with E-state index >= 15 is 0 Å². The van der Waals surface area contributed by atoms with E-state index in [-0.39, 0.29) is 22.7 Å². The molecule has 0 aromatic heterocycles. The van der Waals surface area contributed by atoms with E-state index in [1.165, 1.54) is 43.4 Å². The van der Waals surface area contributed by atoms with Crippen LogP contribution in [0.15, 0.2) is 77.7 Å². The lowest BCUT2D eigenvalue weighted by atomic mass is 10.1. The zero-order valence-corrected chi connectivity index (χ0v) is 17.9. The highest BCUT2D eigenvalue weighted by molar-refractivity contribution is 7.92. The summed E-state index contributed by atoms with van der Waals surface area (Å²) in [6.07, 6.45) is 0. The Morgan fingerprint density at radius 2 is 1.53 bits per heavy atom. The van der Waals surface area contributed by atoms with Crippen molar-refractivity contribution in [3.05, 3.63) is 94.8 Å². The van der Waals surface area contributed by atoms with Gasteiger partial charge < -0.3 is 5.32 Å². The molecule has 0 saturated heterocycles. The molecule has 0 saturated carbocycles. The van der Waals surface area contributed by atoms with Gasteiger partial charge in [-0.1, -0.05) is 23.7 Å². The van der Waals surface area contributed by atoms with Crippen LogP contribution in [-0.4, -0.2) is 21.4 Å². The minimum atomic E-state index is -3.76. The second kappa shape index (κ2) is 8.85. The molecule has 30 heavy (non-hydrogen) atoms. The number of sulfonamides is 1. The van der Waals surface area contributed by atoms with Crippen molar-refractivity contribution < 1.29 is 17.6 Å². The molecule has 1 atom stereocenters. The Morgan fingerprint density at radius 1 is 0.967 bits per heavy atom. The SMILES string of the molecule is C[C@H](NC(=O)c1ccc(N(C)S(=O)(=O)c2ccc(Cl)cc2)cc1)c1ccc(F)cc1. The molecule has 0 bridgehead atoms. The Balaban J connectivity index is 1.72. The fourth-order valence-electron chi connectivity index (χ4n) is 2.84. The molecule has 0 spiro atoms. The summed E-state index contributed by atoms with van der Waals surface area (Å²) in [5, 5.41) is 3.28. The third kappa shape index (κ3) is 4.80. The van der Waals surface area contributed by atoms with Crippen LogP contribution in [0.25, 0.3) is 0 Å². The molecular weight excluding hydrogens is 427 g/mol. The van der Waals surface area contributed by atoms with E-state index in [0.29, 0.717) is 16.3 Å². The minimum Gasteiger partial charge on any atom is -0.346 e. The lowest BCUT2D eigenvalue weighted by Gasteiger charge is -2.20. The predicted octanol–water partition coefficient (Wildman–Crippen LogP) is 4.80. The van der Waals surface area contributed by atoms with Gasteiger partial charge in [-0.25, -0.2) is 12.8 Å². The summed E-state index contributed by atoms with van der Waals surface area (Å²) in [5.74, 6) is -0.660. The van der Waals surface area contributed by atoms with Gasteiger partial charge in [0.25, 0.3) is 15.9 Å². The molecule has 1 N–H and O–H groups in total. The van der Waals surface area contributed by atoms with E-state index in [1.54, 1.807) is 43.3 Å². The van der Waals surface area contributed by atoms with E-state index in [0.717, 1.165) is 9.87 Å². The van der Waals surface area contributed by atoms with Crippen LogP contribution in [0.3, 0.4) is 0 Å². The molecular formula is C22H20ClFN2O3S. The first-order valence-corrected chi connectivity index (χ1v) is 10.9. The molecule has 1 amide bonds. The van der Waals surface area contributed by atoms with Gasteiger partial charge >= 0.3 is 0 Å². The first-order valence-electron chi connectivity index (χ1n) is 9.09. The van der Waals surface area contributed by atoms with Crippen molar-refractivity contribution in [2.45, 2.75) is 17.9 Å². The number of anilines is 1. The van der Waals surface area contributed by atoms with Crippen molar-refractivity contribution in [2.75, 3.05) is 11.4 Å². The summed E-state index contributed by atoms with van der Waals surface area (Å²) < 4.78 is 39.7. The van der Waals surface area contributed by atoms with Crippen LogP contribution in [0.1, 0.15) is 28.9 Å². The second-order valence-electron chi connectivity index (χ2n) is 6.72. The van der Waals surface area contributed by atoms with Crippen molar-refractivity contribution in [1.29, 1.82) is 0 Å². The van der Waals surface area contributed by atoms with Crippen LogP contribution in [0, 0.1) is 5.82 Å². The fourth-order valence-corrected chi connectivity index (χ4v) is 4.16. The first kappa shape index (κ1) is 21.8. The fraction of sp³-hybridized carbons (Fsp3) is 0.136. The van der Waals surface area contributed by atoms with Crippen molar-refractivity contribution in [3.63, 3.8) is 0 Å². The van der Waals surface area contributed by atoms with Crippen LogP contribution in [0.2, 0.25) is 5.02 Å². The monoisotopic (exact) mass is 446 g/mol. The van der Waals surface area contributed by atoms with Gasteiger partial charge in [0.05, 0.1) is 16.6 Å². The standard InChI is InChI=1S/C22H20ClFN2O3S/c1-15(16-3-9-19(24)10-4-16)25-22(27)17-5-11-20(12-6-17)26(2)30(28,29)21-13-7-18(23)8-14-21/h3-15H,1-2H3,(H,25,27)/t15-/m0/s1. The van der Waals surface area contributed by atoms with Crippen molar-refractivity contribution in [1.82, 2.24) is 5.32 Å².